The summed E-state index contributed by atoms with van der Waals surface area (Å²) < 4.78 is 10.7. The van der Waals surface area contributed by atoms with E-state index in [1.807, 2.05) is 25.1 Å². The second-order valence-corrected chi connectivity index (χ2v) is 4.67. The number of nitrogens with zero attached hydrogens (tertiary/aromatic N) is 1. The van der Waals surface area contributed by atoms with Crippen LogP contribution in [-0.4, -0.2) is 31.0 Å². The molecule has 1 aromatic carbocycles. The Morgan fingerprint density at radius 3 is 3.16 bits per heavy atom. The monoisotopic (exact) mass is 261 g/mol. The standard InChI is InChI=1S/C14H15NO4/c1-3-17-14(16)13-10-7-18-11-5-4-8(2)6-9(11)12(10)15-19-13/h4-6,10,13H,3,7H2,1-2H3. The molecule has 0 N–H and O–H groups in total. The minimum absolute atomic E-state index is 0.187. The Morgan fingerprint density at radius 1 is 1.53 bits per heavy atom. The lowest BCUT2D eigenvalue weighted by Gasteiger charge is -2.24. The molecule has 2 aliphatic rings. The van der Waals surface area contributed by atoms with Crippen molar-refractivity contribution in [1.82, 2.24) is 0 Å². The van der Waals surface area contributed by atoms with Gasteiger partial charge in [0.05, 0.1) is 12.5 Å². The molecular weight excluding hydrogens is 246 g/mol. The van der Waals surface area contributed by atoms with E-state index in [1.54, 1.807) is 6.92 Å². The van der Waals surface area contributed by atoms with Crippen molar-refractivity contribution in [2.45, 2.75) is 20.0 Å². The maximum absolute atomic E-state index is 11.8. The molecule has 3 rings (SSSR count). The van der Waals surface area contributed by atoms with Crippen molar-refractivity contribution in [2.24, 2.45) is 11.1 Å². The Balaban J connectivity index is 1.90. The van der Waals surface area contributed by atoms with Gasteiger partial charge in [-0.1, -0.05) is 16.8 Å². The Labute approximate surface area is 111 Å². The lowest BCUT2D eigenvalue weighted by atomic mass is 9.90. The molecule has 19 heavy (non-hydrogen) atoms. The lowest BCUT2D eigenvalue weighted by Crippen LogP contribution is -2.39. The van der Waals surface area contributed by atoms with Crippen LogP contribution in [0.15, 0.2) is 23.4 Å². The van der Waals surface area contributed by atoms with Crippen molar-refractivity contribution in [3.05, 3.63) is 29.3 Å². The average molecular weight is 261 g/mol. The molecular formula is C14H15NO4. The smallest absolute Gasteiger partial charge is 0.351 e. The van der Waals surface area contributed by atoms with Gasteiger partial charge in [0, 0.05) is 5.56 Å². The molecule has 0 aromatic heterocycles. The van der Waals surface area contributed by atoms with Gasteiger partial charge in [0.25, 0.3) is 0 Å². The molecule has 0 radical (unpaired) electrons. The number of carbonyl (C=O) groups is 1. The molecule has 0 saturated carbocycles. The molecule has 2 heterocycles. The molecule has 0 amide bonds. The summed E-state index contributed by atoms with van der Waals surface area (Å²) in [5, 5.41) is 4.06. The molecule has 1 aromatic rings. The summed E-state index contributed by atoms with van der Waals surface area (Å²) in [6.45, 7) is 4.49. The third kappa shape index (κ3) is 1.95. The average Bonchev–Trinajstić information content (AvgIpc) is 2.83. The van der Waals surface area contributed by atoms with E-state index in [0.29, 0.717) is 13.2 Å². The van der Waals surface area contributed by atoms with Gasteiger partial charge in [-0.05, 0) is 26.0 Å². The van der Waals surface area contributed by atoms with Crippen LogP contribution in [0.25, 0.3) is 0 Å². The van der Waals surface area contributed by atoms with Crippen molar-refractivity contribution in [1.29, 1.82) is 0 Å². The van der Waals surface area contributed by atoms with Crippen LogP contribution in [0.5, 0.6) is 5.75 Å². The van der Waals surface area contributed by atoms with Gasteiger partial charge in [-0.2, -0.15) is 0 Å². The highest BCUT2D eigenvalue weighted by atomic mass is 16.7. The quantitative estimate of drug-likeness (QED) is 0.760. The van der Waals surface area contributed by atoms with Gasteiger partial charge in [0.15, 0.2) is 0 Å². The summed E-state index contributed by atoms with van der Waals surface area (Å²) in [5.74, 6) is 0.216. The number of hydrogen-bond acceptors (Lipinski definition) is 5. The summed E-state index contributed by atoms with van der Waals surface area (Å²) in [6, 6.07) is 5.90. The summed E-state index contributed by atoms with van der Waals surface area (Å²) in [6.07, 6.45) is -0.691. The van der Waals surface area contributed by atoms with E-state index in [2.05, 4.69) is 5.16 Å². The maximum Gasteiger partial charge on any atom is 0.351 e. The summed E-state index contributed by atoms with van der Waals surface area (Å²) in [7, 11) is 0. The van der Waals surface area contributed by atoms with E-state index in [0.717, 1.165) is 22.6 Å². The van der Waals surface area contributed by atoms with E-state index < -0.39 is 6.10 Å². The zero-order valence-corrected chi connectivity index (χ0v) is 10.9. The van der Waals surface area contributed by atoms with E-state index in [-0.39, 0.29) is 11.9 Å². The molecule has 100 valence electrons. The molecule has 2 unspecified atom stereocenters. The largest absolute Gasteiger partial charge is 0.492 e. The van der Waals surface area contributed by atoms with Gasteiger partial charge in [0.2, 0.25) is 6.10 Å². The topological polar surface area (TPSA) is 57.1 Å². The molecule has 0 bridgehead atoms. The minimum atomic E-state index is -0.691. The molecule has 0 saturated heterocycles. The Morgan fingerprint density at radius 2 is 2.37 bits per heavy atom. The predicted molar refractivity (Wildman–Crippen MR) is 68.2 cm³/mol. The number of oxime groups is 1. The van der Waals surface area contributed by atoms with Crippen LogP contribution in [0, 0.1) is 12.8 Å². The van der Waals surface area contributed by atoms with Crippen LogP contribution in [0.2, 0.25) is 0 Å². The summed E-state index contributed by atoms with van der Waals surface area (Å²) >= 11 is 0. The van der Waals surface area contributed by atoms with Crippen LogP contribution in [-0.2, 0) is 14.4 Å². The Hall–Kier alpha value is -2.04. The van der Waals surface area contributed by atoms with Crippen molar-refractivity contribution in [2.75, 3.05) is 13.2 Å². The maximum atomic E-state index is 11.8. The third-order valence-corrected chi connectivity index (χ3v) is 3.33. The first-order chi connectivity index (χ1) is 9.20. The van der Waals surface area contributed by atoms with Gasteiger partial charge in [-0.15, -0.1) is 0 Å². The van der Waals surface area contributed by atoms with Crippen LogP contribution < -0.4 is 4.74 Å². The molecule has 0 spiro atoms. The van der Waals surface area contributed by atoms with Gasteiger partial charge < -0.3 is 14.3 Å². The van der Waals surface area contributed by atoms with E-state index >= 15 is 0 Å². The molecule has 2 aliphatic heterocycles. The van der Waals surface area contributed by atoms with Crippen LogP contribution >= 0.6 is 0 Å². The number of ether oxygens (including phenoxy) is 2. The fourth-order valence-corrected chi connectivity index (χ4v) is 2.39. The van der Waals surface area contributed by atoms with Crippen molar-refractivity contribution in [3.63, 3.8) is 0 Å². The summed E-state index contributed by atoms with van der Waals surface area (Å²) in [5.41, 5.74) is 2.80. The molecule has 0 aliphatic carbocycles. The van der Waals surface area contributed by atoms with Crippen molar-refractivity contribution >= 4 is 11.7 Å². The van der Waals surface area contributed by atoms with Crippen molar-refractivity contribution < 1.29 is 19.1 Å². The Bertz CT molecular complexity index is 552. The van der Waals surface area contributed by atoms with Crippen molar-refractivity contribution in [3.8, 4) is 5.75 Å². The first-order valence-corrected chi connectivity index (χ1v) is 6.35. The second-order valence-electron chi connectivity index (χ2n) is 4.67. The first-order valence-electron chi connectivity index (χ1n) is 6.35. The normalized spacial score (nSPS) is 23.6. The van der Waals surface area contributed by atoms with Crippen LogP contribution in [0.3, 0.4) is 0 Å². The number of benzene rings is 1. The predicted octanol–water partition coefficient (Wildman–Crippen LogP) is 1.67. The molecule has 2 atom stereocenters. The van der Waals surface area contributed by atoms with Crippen LogP contribution in [0.1, 0.15) is 18.1 Å². The highest BCUT2D eigenvalue weighted by Crippen LogP contribution is 2.34. The lowest BCUT2D eigenvalue weighted by molar-refractivity contribution is -0.157. The number of esters is 1. The van der Waals surface area contributed by atoms with Gasteiger partial charge in [-0.3, -0.25) is 0 Å². The molecule has 5 heteroatoms. The first kappa shape index (κ1) is 12.0. The van der Waals surface area contributed by atoms with Gasteiger partial charge in [0.1, 0.15) is 18.1 Å². The van der Waals surface area contributed by atoms with E-state index in [1.165, 1.54) is 0 Å². The summed E-state index contributed by atoms with van der Waals surface area (Å²) in [4.78, 5) is 17.0. The number of hydrogen-bond donors (Lipinski definition) is 0. The highest BCUT2D eigenvalue weighted by molar-refractivity contribution is 6.08. The number of rotatable bonds is 2. The minimum Gasteiger partial charge on any atom is -0.492 e. The number of aryl methyl sites for hydroxylation is 1. The van der Waals surface area contributed by atoms with E-state index in [4.69, 9.17) is 14.3 Å². The fraction of sp³-hybridized carbons (Fsp3) is 0.429. The Kier molecular flexibility index (Phi) is 2.89. The van der Waals surface area contributed by atoms with Crippen LogP contribution in [0.4, 0.5) is 0 Å². The van der Waals surface area contributed by atoms with Gasteiger partial charge >= 0.3 is 5.97 Å². The molecule has 5 nitrogen and oxygen atoms in total. The molecule has 0 fully saturated rings. The van der Waals surface area contributed by atoms with Gasteiger partial charge in [-0.25, -0.2) is 4.79 Å². The van der Waals surface area contributed by atoms with E-state index in [9.17, 15) is 4.79 Å². The second kappa shape index (κ2) is 4.57. The zero-order chi connectivity index (χ0) is 13.4. The third-order valence-electron chi connectivity index (χ3n) is 3.33. The SMILES string of the molecule is CCOC(=O)C1ON=C2c3cc(C)ccc3OCC21. The highest BCUT2D eigenvalue weighted by Gasteiger charge is 2.44. The zero-order valence-electron chi connectivity index (χ0n) is 10.9. The number of carbonyl (C=O) groups excluding carboxylic acids is 1. The fourth-order valence-electron chi connectivity index (χ4n) is 2.39. The number of fused-ring (bicyclic) bond motifs is 3.